The third-order valence-corrected chi connectivity index (χ3v) is 4.18. The van der Waals surface area contributed by atoms with E-state index in [1.165, 1.54) is 0 Å². The van der Waals surface area contributed by atoms with E-state index in [9.17, 15) is 4.21 Å². The first-order valence-electron chi connectivity index (χ1n) is 5.46. The van der Waals surface area contributed by atoms with E-state index in [-0.39, 0.29) is 4.75 Å². The molecule has 0 fully saturated rings. The smallest absolute Gasteiger partial charge is 0.0534 e. The Morgan fingerprint density at radius 2 is 2.19 bits per heavy atom. The molecule has 1 atom stereocenters. The lowest BCUT2D eigenvalue weighted by molar-refractivity contribution is 0.640. The maximum absolute atomic E-state index is 11.7. The van der Waals surface area contributed by atoms with E-state index < -0.39 is 10.8 Å². The molecule has 4 nitrogen and oxygen atoms in total. The second-order valence-electron chi connectivity index (χ2n) is 4.86. The Labute approximate surface area is 99.9 Å². The summed E-state index contributed by atoms with van der Waals surface area (Å²) >= 11 is 0. The molecule has 92 valence electrons. The molecule has 0 aliphatic heterocycles. The molecule has 0 aromatic carbocycles. The molecule has 1 N–H and O–H groups in total. The monoisotopic (exact) mass is 243 g/mol. The summed E-state index contributed by atoms with van der Waals surface area (Å²) in [6, 6.07) is 0. The van der Waals surface area contributed by atoms with Crippen LogP contribution in [0.3, 0.4) is 0 Å². The summed E-state index contributed by atoms with van der Waals surface area (Å²) in [5, 5.41) is 7.36. The van der Waals surface area contributed by atoms with Crippen molar-refractivity contribution in [1.82, 2.24) is 15.1 Å². The van der Waals surface area contributed by atoms with Gasteiger partial charge in [0.1, 0.15) is 0 Å². The Morgan fingerprint density at radius 1 is 1.50 bits per heavy atom. The highest BCUT2D eigenvalue weighted by atomic mass is 32.2. The summed E-state index contributed by atoms with van der Waals surface area (Å²) in [6.45, 7) is 7.58. The first kappa shape index (κ1) is 13.4. The third kappa shape index (κ3) is 4.45. The van der Waals surface area contributed by atoms with Crippen LogP contribution in [0.4, 0.5) is 0 Å². The highest BCUT2D eigenvalue weighted by molar-refractivity contribution is 7.86. The molecule has 1 unspecified atom stereocenters. The van der Waals surface area contributed by atoms with Crippen LogP contribution < -0.4 is 5.32 Å². The van der Waals surface area contributed by atoms with Crippen LogP contribution in [0.25, 0.3) is 0 Å². The van der Waals surface area contributed by atoms with Gasteiger partial charge in [-0.25, -0.2) is 0 Å². The molecule has 1 rings (SSSR count). The van der Waals surface area contributed by atoms with E-state index in [0.717, 1.165) is 18.7 Å². The van der Waals surface area contributed by atoms with Crippen molar-refractivity contribution in [3.63, 3.8) is 0 Å². The van der Waals surface area contributed by atoms with Gasteiger partial charge in [-0.05, 0) is 20.8 Å². The molecular weight excluding hydrogens is 222 g/mol. The molecular formula is C11H21N3OS. The van der Waals surface area contributed by atoms with Crippen LogP contribution in [0.15, 0.2) is 12.4 Å². The van der Waals surface area contributed by atoms with E-state index in [2.05, 4.69) is 10.4 Å². The molecule has 0 bridgehead atoms. The number of nitrogens with zero attached hydrogens (tertiary/aromatic N) is 2. The van der Waals surface area contributed by atoms with Gasteiger partial charge in [0.05, 0.1) is 6.20 Å². The zero-order valence-electron chi connectivity index (χ0n) is 10.5. The molecule has 0 saturated carbocycles. The lowest BCUT2D eigenvalue weighted by Gasteiger charge is -2.17. The molecule has 0 radical (unpaired) electrons. The molecule has 0 saturated heterocycles. The van der Waals surface area contributed by atoms with E-state index in [1.807, 2.05) is 40.2 Å². The topological polar surface area (TPSA) is 46.9 Å². The van der Waals surface area contributed by atoms with Crippen LogP contribution in [-0.4, -0.2) is 31.0 Å². The Balaban J connectivity index is 2.20. The van der Waals surface area contributed by atoms with Gasteiger partial charge in [0.25, 0.3) is 0 Å². The fraction of sp³-hybridized carbons (Fsp3) is 0.727. The van der Waals surface area contributed by atoms with Crippen molar-refractivity contribution >= 4 is 10.8 Å². The molecule has 0 aliphatic rings. The van der Waals surface area contributed by atoms with E-state index in [1.54, 1.807) is 4.68 Å². The summed E-state index contributed by atoms with van der Waals surface area (Å²) < 4.78 is 13.4. The van der Waals surface area contributed by atoms with Gasteiger partial charge in [0, 0.05) is 53.2 Å². The van der Waals surface area contributed by atoms with Crippen LogP contribution in [0, 0.1) is 0 Å². The van der Waals surface area contributed by atoms with Crippen molar-refractivity contribution in [3.8, 4) is 0 Å². The van der Waals surface area contributed by atoms with Crippen LogP contribution in [0.5, 0.6) is 0 Å². The molecule has 0 amide bonds. The lowest BCUT2D eigenvalue weighted by Crippen LogP contribution is -2.29. The molecule has 1 aromatic rings. The van der Waals surface area contributed by atoms with Crippen LogP contribution >= 0.6 is 0 Å². The highest BCUT2D eigenvalue weighted by Gasteiger charge is 2.18. The minimum Gasteiger partial charge on any atom is -0.312 e. The second kappa shape index (κ2) is 5.59. The van der Waals surface area contributed by atoms with Crippen molar-refractivity contribution in [1.29, 1.82) is 0 Å². The molecule has 1 heterocycles. The second-order valence-corrected chi connectivity index (χ2v) is 7.19. The Bertz CT molecular complexity index is 354. The minimum absolute atomic E-state index is 0.115. The molecule has 5 heteroatoms. The summed E-state index contributed by atoms with van der Waals surface area (Å²) in [5.74, 6) is 0.698. The first-order chi connectivity index (χ1) is 7.39. The largest absolute Gasteiger partial charge is 0.312 e. The van der Waals surface area contributed by atoms with Crippen LogP contribution in [-0.2, 0) is 24.4 Å². The Morgan fingerprint density at radius 3 is 2.69 bits per heavy atom. The predicted octanol–water partition coefficient (Wildman–Crippen LogP) is 1.06. The number of aromatic nitrogens is 2. The average Bonchev–Trinajstić information content (AvgIpc) is 2.57. The standard InChI is InChI=1S/C11H21N3OS/c1-11(2,3)16(15)6-5-12-7-10-8-13-14(4)9-10/h8-9,12H,5-7H2,1-4H3. The summed E-state index contributed by atoms with van der Waals surface area (Å²) in [7, 11) is 1.13. The maximum atomic E-state index is 11.7. The SMILES string of the molecule is Cn1cc(CNCCS(=O)C(C)(C)C)cn1. The van der Waals surface area contributed by atoms with Crippen molar-refractivity contribution < 1.29 is 4.21 Å². The quantitative estimate of drug-likeness (QED) is 0.787. The van der Waals surface area contributed by atoms with E-state index in [0.29, 0.717) is 5.75 Å². The maximum Gasteiger partial charge on any atom is 0.0534 e. The van der Waals surface area contributed by atoms with Gasteiger partial charge in [0.2, 0.25) is 0 Å². The first-order valence-corrected chi connectivity index (χ1v) is 6.78. The number of hydrogen-bond acceptors (Lipinski definition) is 3. The number of rotatable bonds is 5. The average molecular weight is 243 g/mol. The van der Waals surface area contributed by atoms with Gasteiger partial charge < -0.3 is 5.32 Å². The van der Waals surface area contributed by atoms with E-state index in [4.69, 9.17) is 0 Å². The zero-order valence-corrected chi connectivity index (χ0v) is 11.3. The molecule has 0 spiro atoms. The van der Waals surface area contributed by atoms with Gasteiger partial charge in [-0.3, -0.25) is 8.89 Å². The molecule has 16 heavy (non-hydrogen) atoms. The van der Waals surface area contributed by atoms with Crippen molar-refractivity contribution in [3.05, 3.63) is 18.0 Å². The summed E-state index contributed by atoms with van der Waals surface area (Å²) in [5.41, 5.74) is 1.16. The van der Waals surface area contributed by atoms with Gasteiger partial charge in [0.15, 0.2) is 0 Å². The van der Waals surface area contributed by atoms with Gasteiger partial charge >= 0.3 is 0 Å². The van der Waals surface area contributed by atoms with E-state index >= 15 is 0 Å². The van der Waals surface area contributed by atoms with Crippen molar-refractivity contribution in [2.45, 2.75) is 32.1 Å². The lowest BCUT2D eigenvalue weighted by atomic mass is 10.3. The Kier molecular flexibility index (Phi) is 4.68. The number of hydrogen-bond donors (Lipinski definition) is 1. The van der Waals surface area contributed by atoms with Crippen molar-refractivity contribution in [2.24, 2.45) is 7.05 Å². The Hall–Kier alpha value is -0.680. The fourth-order valence-corrected chi connectivity index (χ4v) is 2.21. The minimum atomic E-state index is -0.773. The van der Waals surface area contributed by atoms with Crippen molar-refractivity contribution in [2.75, 3.05) is 12.3 Å². The van der Waals surface area contributed by atoms with Gasteiger partial charge in [-0.15, -0.1) is 0 Å². The van der Waals surface area contributed by atoms with Crippen LogP contribution in [0.1, 0.15) is 26.3 Å². The highest BCUT2D eigenvalue weighted by Crippen LogP contribution is 2.10. The number of nitrogens with one attached hydrogen (secondary N) is 1. The summed E-state index contributed by atoms with van der Waals surface area (Å²) in [4.78, 5) is 0. The fourth-order valence-electron chi connectivity index (χ4n) is 1.27. The zero-order chi connectivity index (χ0) is 12.2. The molecule has 1 aromatic heterocycles. The molecule has 0 aliphatic carbocycles. The third-order valence-electron chi connectivity index (χ3n) is 2.23. The predicted molar refractivity (Wildman–Crippen MR) is 67.7 cm³/mol. The summed E-state index contributed by atoms with van der Waals surface area (Å²) in [6.07, 6.45) is 3.82. The number of aryl methyl sites for hydroxylation is 1. The normalized spacial score (nSPS) is 14.0. The van der Waals surface area contributed by atoms with Gasteiger partial charge in [-0.2, -0.15) is 5.10 Å². The van der Waals surface area contributed by atoms with Crippen LogP contribution in [0.2, 0.25) is 0 Å². The van der Waals surface area contributed by atoms with Gasteiger partial charge in [-0.1, -0.05) is 0 Å².